The number of aromatic hydroxyl groups is 2. The number of aliphatic hydroxyl groups excluding tert-OH is 1. The lowest BCUT2D eigenvalue weighted by Gasteiger charge is -2.42. The molecule has 0 amide bonds. The van der Waals surface area contributed by atoms with Gasteiger partial charge in [-0.2, -0.15) is 0 Å². The van der Waals surface area contributed by atoms with Gasteiger partial charge in [0.25, 0.3) is 0 Å². The zero-order valence-electron chi connectivity index (χ0n) is 23.5. The van der Waals surface area contributed by atoms with Crippen LogP contribution < -0.4 is 10.5 Å². The van der Waals surface area contributed by atoms with Gasteiger partial charge in [0, 0.05) is 48.9 Å². The van der Waals surface area contributed by atoms with Gasteiger partial charge in [-0.25, -0.2) is 0 Å². The number of hydrogen-bond donors (Lipinski definition) is 5. The van der Waals surface area contributed by atoms with Crippen molar-refractivity contribution >= 4 is 35.7 Å². The van der Waals surface area contributed by atoms with Crippen LogP contribution in [-0.2, 0) is 30.2 Å². The second kappa shape index (κ2) is 11.8. The van der Waals surface area contributed by atoms with Crippen molar-refractivity contribution in [1.29, 1.82) is 0 Å². The number of ether oxygens (including phenoxy) is 4. The quantitative estimate of drug-likeness (QED) is 0.192. The van der Waals surface area contributed by atoms with Crippen LogP contribution >= 0.6 is 12.4 Å². The minimum atomic E-state index is -2.28. The largest absolute Gasteiger partial charge is 0.507 e. The first kappa shape index (κ1) is 32.3. The summed E-state index contributed by atoms with van der Waals surface area (Å²) in [5, 5.41) is 44.7. The number of carbonyl (C=O) groups is 4. The van der Waals surface area contributed by atoms with Crippen molar-refractivity contribution in [2.24, 2.45) is 5.73 Å². The van der Waals surface area contributed by atoms with E-state index in [1.54, 1.807) is 6.92 Å². The van der Waals surface area contributed by atoms with Gasteiger partial charge in [0.15, 0.2) is 18.7 Å². The Morgan fingerprint density at radius 2 is 1.79 bits per heavy atom. The van der Waals surface area contributed by atoms with Crippen LogP contribution in [0, 0.1) is 0 Å². The van der Waals surface area contributed by atoms with Gasteiger partial charge in [0.05, 0.1) is 42.1 Å². The van der Waals surface area contributed by atoms with Crippen LogP contribution in [0.25, 0.3) is 0 Å². The number of rotatable bonds is 6. The first-order chi connectivity index (χ1) is 19.8. The van der Waals surface area contributed by atoms with E-state index in [9.17, 15) is 39.6 Å². The summed E-state index contributed by atoms with van der Waals surface area (Å²) < 4.78 is 21.9. The topological polar surface area (TPSA) is 212 Å². The Morgan fingerprint density at radius 1 is 1.12 bits per heavy atom. The minimum Gasteiger partial charge on any atom is -0.507 e. The zero-order valence-corrected chi connectivity index (χ0v) is 24.3. The molecule has 0 radical (unpaired) electrons. The highest BCUT2D eigenvalue weighted by atomic mass is 35.5. The average molecular weight is 622 g/mol. The number of fused-ring (bicyclic) bond motifs is 3. The Kier molecular flexibility index (Phi) is 8.89. The summed E-state index contributed by atoms with van der Waals surface area (Å²) in [6, 6.07) is 3.59. The molecule has 2 aromatic rings. The molecule has 0 bridgehead atoms. The summed E-state index contributed by atoms with van der Waals surface area (Å²) in [7, 11) is 1.32. The smallest absolute Gasteiger partial charge is 0.303 e. The molecular formula is C29H32ClNO12. The molecule has 5 rings (SSSR count). The molecule has 1 heterocycles. The highest BCUT2D eigenvalue weighted by Gasteiger charge is 2.50. The van der Waals surface area contributed by atoms with Gasteiger partial charge in [0.1, 0.15) is 22.8 Å². The lowest BCUT2D eigenvalue weighted by Crippen LogP contribution is -2.53. The third-order valence-corrected chi connectivity index (χ3v) is 8.07. The van der Waals surface area contributed by atoms with Crippen LogP contribution in [0.15, 0.2) is 18.2 Å². The molecule has 3 aliphatic rings. The maximum Gasteiger partial charge on any atom is 0.303 e. The van der Waals surface area contributed by atoms with Crippen LogP contribution in [0.2, 0.25) is 0 Å². The SMILES string of the molecule is COc1cccc2c1C(=O)c1c(O)c3c(c(O)c1C2=O)C[C@@](O)(C(=O)COC(C)=O)C[C@@H]3OC1CC(N)C(O)C(C)O1.Cl. The molecule has 43 heavy (non-hydrogen) atoms. The number of benzene rings is 2. The molecular weight excluding hydrogens is 590 g/mol. The van der Waals surface area contributed by atoms with Crippen LogP contribution in [0.4, 0.5) is 0 Å². The number of phenolic OH excluding ortho intramolecular Hbond substituents is 2. The Hall–Kier alpha value is -3.59. The first-order valence-corrected chi connectivity index (χ1v) is 13.3. The molecule has 13 nitrogen and oxygen atoms in total. The van der Waals surface area contributed by atoms with E-state index in [-0.39, 0.29) is 46.8 Å². The number of Topliss-reactive ketones (excluding diaryl/α,β-unsaturated/α-hetero) is 1. The normalized spacial score (nSPS) is 27.7. The standard InChI is InChI=1S/C29H31NO12.ClH/c1-11-24(33)15(30)7-19(41-11)42-17-9-29(38,18(32)10-40-12(2)31)8-14-21(17)28(37)23-22(26(14)35)25(34)13-5-4-6-16(39-3)20(13)27(23)36;/h4-6,11,15,17,19,24,33,35,37-38H,7-10,30H2,1-3H3;1H/t11?,15?,17-,19?,24?,29-;/m0./s1. The highest BCUT2D eigenvalue weighted by molar-refractivity contribution is 6.31. The van der Waals surface area contributed by atoms with Gasteiger partial charge < -0.3 is 45.1 Å². The molecule has 1 saturated heterocycles. The van der Waals surface area contributed by atoms with Gasteiger partial charge in [-0.15, -0.1) is 12.4 Å². The summed E-state index contributed by atoms with van der Waals surface area (Å²) in [5.74, 6) is -4.57. The van der Waals surface area contributed by atoms with E-state index in [4.69, 9.17) is 24.7 Å². The number of esters is 1. The maximum atomic E-state index is 13.7. The molecule has 0 spiro atoms. The predicted molar refractivity (Wildman–Crippen MR) is 149 cm³/mol. The Balaban J connectivity index is 0.00000423. The molecule has 2 aromatic carbocycles. The number of halogens is 1. The maximum absolute atomic E-state index is 13.7. The Bertz CT molecular complexity index is 1500. The van der Waals surface area contributed by atoms with Gasteiger partial charge in [-0.3, -0.25) is 19.2 Å². The van der Waals surface area contributed by atoms with Crippen molar-refractivity contribution in [3.8, 4) is 17.2 Å². The van der Waals surface area contributed by atoms with Gasteiger partial charge in [0.2, 0.25) is 11.6 Å². The highest BCUT2D eigenvalue weighted by Crippen LogP contribution is 2.52. The van der Waals surface area contributed by atoms with Crippen molar-refractivity contribution in [2.45, 2.75) is 69.4 Å². The van der Waals surface area contributed by atoms with E-state index in [1.807, 2.05) is 0 Å². The van der Waals surface area contributed by atoms with Crippen molar-refractivity contribution in [1.82, 2.24) is 0 Å². The number of hydrogen-bond acceptors (Lipinski definition) is 13. The summed E-state index contributed by atoms with van der Waals surface area (Å²) in [4.78, 5) is 51.8. The van der Waals surface area contributed by atoms with E-state index in [1.165, 1.54) is 25.3 Å². The third-order valence-electron chi connectivity index (χ3n) is 8.07. The number of phenols is 2. The molecule has 1 aliphatic heterocycles. The molecule has 6 atom stereocenters. The Labute approximate surface area is 251 Å². The molecule has 6 N–H and O–H groups in total. The average Bonchev–Trinajstić information content (AvgIpc) is 2.94. The molecule has 14 heteroatoms. The van der Waals surface area contributed by atoms with Gasteiger partial charge in [-0.1, -0.05) is 12.1 Å². The van der Waals surface area contributed by atoms with E-state index in [0.717, 1.165) is 6.92 Å². The number of ketones is 3. The lowest BCUT2D eigenvalue weighted by atomic mass is 9.72. The molecule has 0 saturated carbocycles. The number of aliphatic hydroxyl groups is 2. The van der Waals surface area contributed by atoms with Gasteiger partial charge in [-0.05, 0) is 13.0 Å². The van der Waals surface area contributed by atoms with E-state index in [2.05, 4.69) is 0 Å². The van der Waals surface area contributed by atoms with E-state index >= 15 is 0 Å². The fourth-order valence-corrected chi connectivity index (χ4v) is 5.90. The lowest BCUT2D eigenvalue weighted by molar-refractivity contribution is -0.247. The summed E-state index contributed by atoms with van der Waals surface area (Å²) >= 11 is 0. The molecule has 1 fully saturated rings. The van der Waals surface area contributed by atoms with Crippen LogP contribution in [-0.4, -0.2) is 87.6 Å². The summed E-state index contributed by atoms with van der Waals surface area (Å²) in [5.41, 5.74) is 2.26. The number of carbonyl (C=O) groups excluding carboxylic acids is 4. The second-order valence-corrected chi connectivity index (χ2v) is 10.8. The van der Waals surface area contributed by atoms with Crippen molar-refractivity contribution in [3.63, 3.8) is 0 Å². The van der Waals surface area contributed by atoms with Crippen molar-refractivity contribution < 1.29 is 58.6 Å². The van der Waals surface area contributed by atoms with E-state index < -0.39 is 102 Å². The predicted octanol–water partition coefficient (Wildman–Crippen LogP) is 0.994. The minimum absolute atomic E-state index is 0. The molecule has 2 aliphatic carbocycles. The van der Waals surface area contributed by atoms with Crippen LogP contribution in [0.1, 0.15) is 75.8 Å². The molecule has 232 valence electrons. The monoisotopic (exact) mass is 621 g/mol. The second-order valence-electron chi connectivity index (χ2n) is 10.8. The molecule has 0 aromatic heterocycles. The fraction of sp³-hybridized carbons (Fsp3) is 0.448. The van der Waals surface area contributed by atoms with E-state index in [0.29, 0.717) is 0 Å². The van der Waals surface area contributed by atoms with Crippen LogP contribution in [0.5, 0.6) is 17.2 Å². The fourth-order valence-electron chi connectivity index (χ4n) is 5.90. The molecule has 4 unspecified atom stereocenters. The number of nitrogens with two attached hydrogens (primary N) is 1. The Morgan fingerprint density at radius 3 is 2.42 bits per heavy atom. The third kappa shape index (κ3) is 5.37. The van der Waals surface area contributed by atoms with Crippen molar-refractivity contribution in [2.75, 3.05) is 13.7 Å². The summed E-state index contributed by atoms with van der Waals surface area (Å²) in [6.07, 6.45) is -5.30. The van der Waals surface area contributed by atoms with Gasteiger partial charge >= 0.3 is 5.97 Å². The first-order valence-electron chi connectivity index (χ1n) is 13.3. The van der Waals surface area contributed by atoms with Crippen molar-refractivity contribution in [3.05, 3.63) is 51.6 Å². The zero-order chi connectivity index (χ0) is 30.7. The van der Waals surface area contributed by atoms with Crippen LogP contribution in [0.3, 0.4) is 0 Å². The summed E-state index contributed by atoms with van der Waals surface area (Å²) in [6.45, 7) is 1.87. The number of methoxy groups -OCH3 is 1.